The predicted molar refractivity (Wildman–Crippen MR) is 133 cm³/mol. The molecule has 4 N–H and O–H groups in total. The van der Waals surface area contributed by atoms with Gasteiger partial charge in [-0.15, -0.1) is 10.2 Å². The molecule has 0 unspecified atom stereocenters. The Hall–Kier alpha value is -3.08. The first-order valence-electron chi connectivity index (χ1n) is 11.6. The number of carbonyl (C=O) groups excluding carboxylic acids is 1. The number of benzene rings is 1. The maximum Gasteiger partial charge on any atom is 0.261 e. The zero-order valence-corrected chi connectivity index (χ0v) is 19.9. The van der Waals surface area contributed by atoms with Crippen LogP contribution in [0.25, 0.3) is 5.78 Å². The lowest BCUT2D eigenvalue weighted by molar-refractivity contribution is -0.113. The Morgan fingerprint density at radius 3 is 2.45 bits per heavy atom. The Morgan fingerprint density at radius 1 is 1.00 bits per heavy atom. The van der Waals surface area contributed by atoms with Crippen molar-refractivity contribution in [2.24, 2.45) is 0 Å². The van der Waals surface area contributed by atoms with Gasteiger partial charge in [-0.1, -0.05) is 31.0 Å². The second-order valence-electron chi connectivity index (χ2n) is 7.94. The third-order valence-electron chi connectivity index (χ3n) is 5.39. The van der Waals surface area contributed by atoms with Crippen LogP contribution in [0.2, 0.25) is 0 Å². The summed E-state index contributed by atoms with van der Waals surface area (Å²) in [5, 5.41) is 21.8. The number of amides is 1. The lowest BCUT2D eigenvalue weighted by Crippen LogP contribution is -2.22. The SMILES string of the molecule is CCNc1nc(NCC)n2c(SCC(=O)Nc3ccc(NC4CCCCC4)cc3)nnc2n1. The van der Waals surface area contributed by atoms with Crippen LogP contribution in [0.15, 0.2) is 29.4 Å². The van der Waals surface area contributed by atoms with Crippen molar-refractivity contribution in [3.05, 3.63) is 24.3 Å². The average molecular weight is 470 g/mol. The fourth-order valence-corrected chi connectivity index (χ4v) is 4.59. The number of hydrogen-bond acceptors (Lipinski definition) is 9. The molecule has 0 radical (unpaired) electrons. The Labute approximate surface area is 197 Å². The van der Waals surface area contributed by atoms with E-state index in [1.165, 1.54) is 43.9 Å². The monoisotopic (exact) mass is 469 g/mol. The molecule has 0 spiro atoms. The summed E-state index contributed by atoms with van der Waals surface area (Å²) in [6.07, 6.45) is 6.38. The Bertz CT molecular complexity index is 1060. The first-order valence-corrected chi connectivity index (χ1v) is 12.5. The molecule has 176 valence electrons. The van der Waals surface area contributed by atoms with E-state index in [1.807, 2.05) is 38.1 Å². The van der Waals surface area contributed by atoms with Crippen molar-refractivity contribution in [3.63, 3.8) is 0 Å². The molecule has 0 saturated heterocycles. The average Bonchev–Trinajstić information content (AvgIpc) is 3.23. The van der Waals surface area contributed by atoms with E-state index >= 15 is 0 Å². The molecule has 0 aliphatic heterocycles. The third-order valence-corrected chi connectivity index (χ3v) is 6.32. The smallest absolute Gasteiger partial charge is 0.261 e. The summed E-state index contributed by atoms with van der Waals surface area (Å²) in [6.45, 7) is 5.35. The zero-order chi connectivity index (χ0) is 23.0. The summed E-state index contributed by atoms with van der Waals surface area (Å²) in [7, 11) is 0. The van der Waals surface area contributed by atoms with Gasteiger partial charge in [-0.25, -0.2) is 4.40 Å². The van der Waals surface area contributed by atoms with Crippen LogP contribution in [0.4, 0.5) is 23.3 Å². The maximum absolute atomic E-state index is 12.5. The molecule has 4 rings (SSSR count). The van der Waals surface area contributed by atoms with Crippen LogP contribution in [0.1, 0.15) is 46.0 Å². The van der Waals surface area contributed by atoms with Crippen LogP contribution < -0.4 is 21.3 Å². The van der Waals surface area contributed by atoms with E-state index in [0.717, 1.165) is 11.4 Å². The fraction of sp³-hybridized carbons (Fsp3) is 0.500. The first kappa shape index (κ1) is 23.1. The van der Waals surface area contributed by atoms with Gasteiger partial charge in [-0.3, -0.25) is 4.79 Å². The normalized spacial score (nSPS) is 14.2. The van der Waals surface area contributed by atoms with Gasteiger partial charge in [-0.2, -0.15) is 9.97 Å². The lowest BCUT2D eigenvalue weighted by Gasteiger charge is -2.23. The quantitative estimate of drug-likeness (QED) is 0.328. The van der Waals surface area contributed by atoms with Gasteiger partial charge >= 0.3 is 0 Å². The van der Waals surface area contributed by atoms with E-state index in [2.05, 4.69) is 41.4 Å². The van der Waals surface area contributed by atoms with Gasteiger partial charge in [0.2, 0.25) is 17.8 Å². The standard InChI is InChI=1S/C22H31N9OS/c1-3-23-19-27-20(24-4-2)31-21(28-19)29-30-22(31)33-14-18(32)26-17-12-10-16(11-13-17)25-15-8-6-5-7-9-15/h10-13,15,25H,3-9,14H2,1-2H3,(H,26,32)(H2,23,24,27,28,29). The van der Waals surface area contributed by atoms with Gasteiger partial charge in [-0.05, 0) is 51.0 Å². The largest absolute Gasteiger partial charge is 0.382 e. The first-order chi connectivity index (χ1) is 16.2. The summed E-state index contributed by atoms with van der Waals surface area (Å²) < 4.78 is 1.73. The number of carbonyl (C=O) groups is 1. The summed E-state index contributed by atoms with van der Waals surface area (Å²) in [5.74, 6) is 1.60. The van der Waals surface area contributed by atoms with Crippen LogP contribution in [0.3, 0.4) is 0 Å². The number of rotatable bonds is 10. The van der Waals surface area contributed by atoms with Crippen LogP contribution in [-0.2, 0) is 4.79 Å². The molecule has 1 fully saturated rings. The molecule has 0 atom stereocenters. The van der Waals surface area contributed by atoms with Crippen molar-refractivity contribution >= 4 is 46.7 Å². The molecule has 2 heterocycles. The molecular formula is C22H31N9OS. The summed E-state index contributed by atoms with van der Waals surface area (Å²) in [5.41, 5.74) is 1.87. The maximum atomic E-state index is 12.5. The number of anilines is 4. The molecule has 1 saturated carbocycles. The molecular weight excluding hydrogens is 438 g/mol. The highest BCUT2D eigenvalue weighted by atomic mass is 32.2. The molecule has 1 aromatic carbocycles. The van der Waals surface area contributed by atoms with Crippen LogP contribution >= 0.6 is 11.8 Å². The second kappa shape index (κ2) is 11.2. The Kier molecular flexibility index (Phi) is 7.82. The van der Waals surface area contributed by atoms with Crippen molar-refractivity contribution in [1.82, 2.24) is 24.6 Å². The molecule has 10 nitrogen and oxygen atoms in total. The number of nitrogens with zero attached hydrogens (tertiary/aromatic N) is 5. The minimum absolute atomic E-state index is 0.111. The van der Waals surface area contributed by atoms with Crippen LogP contribution in [0, 0.1) is 0 Å². The fourth-order valence-electron chi connectivity index (χ4n) is 3.86. The highest BCUT2D eigenvalue weighted by molar-refractivity contribution is 7.99. The van der Waals surface area contributed by atoms with Crippen molar-refractivity contribution in [1.29, 1.82) is 0 Å². The minimum Gasteiger partial charge on any atom is -0.382 e. The lowest BCUT2D eigenvalue weighted by atomic mass is 9.95. The van der Waals surface area contributed by atoms with E-state index in [9.17, 15) is 4.79 Å². The number of hydrogen-bond donors (Lipinski definition) is 4. The molecule has 1 amide bonds. The summed E-state index contributed by atoms with van der Waals surface area (Å²) >= 11 is 1.29. The molecule has 0 bridgehead atoms. The van der Waals surface area contributed by atoms with E-state index in [4.69, 9.17) is 0 Å². The van der Waals surface area contributed by atoms with E-state index in [0.29, 0.717) is 42.0 Å². The molecule has 3 aromatic rings. The highest BCUT2D eigenvalue weighted by Gasteiger charge is 2.16. The number of thioether (sulfide) groups is 1. The van der Waals surface area contributed by atoms with E-state index < -0.39 is 0 Å². The van der Waals surface area contributed by atoms with Gasteiger partial charge in [0, 0.05) is 30.5 Å². The Balaban J connectivity index is 1.35. The predicted octanol–water partition coefficient (Wildman–Crippen LogP) is 3.86. The van der Waals surface area contributed by atoms with Crippen molar-refractivity contribution < 1.29 is 4.79 Å². The molecule has 2 aromatic heterocycles. The molecule has 33 heavy (non-hydrogen) atoms. The van der Waals surface area contributed by atoms with Crippen LogP contribution in [0.5, 0.6) is 0 Å². The van der Waals surface area contributed by atoms with Crippen molar-refractivity contribution in [2.75, 3.05) is 40.1 Å². The Morgan fingerprint density at radius 2 is 1.73 bits per heavy atom. The van der Waals surface area contributed by atoms with E-state index in [-0.39, 0.29) is 11.7 Å². The molecule has 1 aliphatic rings. The summed E-state index contributed by atoms with van der Waals surface area (Å²) in [4.78, 5) is 21.4. The number of aromatic nitrogens is 5. The van der Waals surface area contributed by atoms with Crippen molar-refractivity contribution in [2.45, 2.75) is 57.1 Å². The zero-order valence-electron chi connectivity index (χ0n) is 19.1. The topological polar surface area (TPSA) is 121 Å². The van der Waals surface area contributed by atoms with Gasteiger partial charge in [0.1, 0.15) is 0 Å². The molecule has 1 aliphatic carbocycles. The minimum atomic E-state index is -0.111. The van der Waals surface area contributed by atoms with Gasteiger partial charge in [0.25, 0.3) is 5.78 Å². The van der Waals surface area contributed by atoms with Crippen molar-refractivity contribution in [3.8, 4) is 0 Å². The van der Waals surface area contributed by atoms with Crippen LogP contribution in [-0.4, -0.2) is 55.4 Å². The molecule has 11 heteroatoms. The van der Waals surface area contributed by atoms with Gasteiger partial charge < -0.3 is 21.3 Å². The second-order valence-corrected chi connectivity index (χ2v) is 8.89. The highest BCUT2D eigenvalue weighted by Crippen LogP contribution is 2.24. The number of fused-ring (bicyclic) bond motifs is 1. The van der Waals surface area contributed by atoms with E-state index in [1.54, 1.807) is 4.40 Å². The number of nitrogens with one attached hydrogen (secondary N) is 4. The summed E-state index contributed by atoms with van der Waals surface area (Å²) in [6, 6.07) is 8.45. The van der Waals surface area contributed by atoms with Gasteiger partial charge in [0.15, 0.2) is 5.16 Å². The van der Waals surface area contributed by atoms with Gasteiger partial charge in [0.05, 0.1) is 5.75 Å². The third kappa shape index (κ3) is 6.04.